The van der Waals surface area contributed by atoms with Gasteiger partial charge < -0.3 is 9.88 Å². The molecule has 0 amide bonds. The van der Waals surface area contributed by atoms with Crippen LogP contribution < -0.4 is 10.9 Å². The quantitative estimate of drug-likeness (QED) is 0.363. The van der Waals surface area contributed by atoms with Crippen molar-refractivity contribution in [1.29, 1.82) is 0 Å². The van der Waals surface area contributed by atoms with E-state index in [1.807, 2.05) is 32.9 Å². The molecular weight excluding hydrogens is 485 g/mol. The predicted octanol–water partition coefficient (Wildman–Crippen LogP) is 7.78. The van der Waals surface area contributed by atoms with E-state index in [0.717, 1.165) is 45.0 Å². The van der Waals surface area contributed by atoms with Gasteiger partial charge in [0.25, 0.3) is 5.56 Å². The van der Waals surface area contributed by atoms with Crippen molar-refractivity contribution < 1.29 is 13.2 Å². The molecule has 1 aliphatic carbocycles. The first-order chi connectivity index (χ1) is 17.2. The van der Waals surface area contributed by atoms with Gasteiger partial charge in [0.1, 0.15) is 0 Å². The zero-order valence-corrected chi connectivity index (χ0v) is 22.0. The number of halogens is 3. The topological polar surface area (TPSA) is 59.8 Å². The second-order valence-electron chi connectivity index (χ2n) is 8.49. The Balaban J connectivity index is 0.00000115. The number of nitrogens with zero attached hydrogens (tertiary/aromatic N) is 3. The average Bonchev–Trinajstić information content (AvgIpc) is 3.16. The third kappa shape index (κ3) is 6.32. The Hall–Kier alpha value is -3.20. The van der Waals surface area contributed by atoms with Crippen molar-refractivity contribution in [3.8, 4) is 0 Å². The molecule has 0 fully saturated rings. The van der Waals surface area contributed by atoms with E-state index in [4.69, 9.17) is 0 Å². The molecular formula is C27H31F3N4OS. The highest BCUT2D eigenvalue weighted by atomic mass is 32.1. The number of aromatic nitrogens is 3. The van der Waals surface area contributed by atoms with Crippen molar-refractivity contribution in [2.24, 2.45) is 0 Å². The lowest BCUT2D eigenvalue weighted by Gasteiger charge is -2.18. The maximum absolute atomic E-state index is 14.0. The van der Waals surface area contributed by atoms with Crippen molar-refractivity contribution in [2.75, 3.05) is 5.32 Å². The van der Waals surface area contributed by atoms with Gasteiger partial charge >= 0.3 is 0 Å². The monoisotopic (exact) mass is 516 g/mol. The minimum atomic E-state index is -1.50. The maximum Gasteiger partial charge on any atom is 0.277 e. The van der Waals surface area contributed by atoms with Crippen molar-refractivity contribution >= 4 is 33.2 Å². The number of anilines is 2. The minimum absolute atomic E-state index is 0.0337. The van der Waals surface area contributed by atoms with E-state index < -0.39 is 17.5 Å². The van der Waals surface area contributed by atoms with E-state index in [2.05, 4.69) is 29.1 Å². The van der Waals surface area contributed by atoms with Crippen LogP contribution in [-0.4, -0.2) is 14.5 Å². The van der Waals surface area contributed by atoms with Crippen molar-refractivity contribution in [3.05, 3.63) is 80.0 Å². The standard InChI is InChI=1S/C24H23F3N4OS.C3H8/c1-4-15-9-20-21(33-13(3)28-20)10-19(15)29-24-30-23(32)16(5-2)12-31(24)11-14-6-7-17(25)22(27)18(26)8-14;1-3-2/h7-10,12H,4-6,11H2,1-3H3,(H,29,30,32);3H2,1-2H3. The molecule has 0 saturated carbocycles. The van der Waals surface area contributed by atoms with E-state index in [1.165, 1.54) is 6.42 Å². The van der Waals surface area contributed by atoms with Gasteiger partial charge in [0.05, 0.1) is 15.2 Å². The van der Waals surface area contributed by atoms with Crippen LogP contribution in [0.1, 0.15) is 56.7 Å². The van der Waals surface area contributed by atoms with Crippen LogP contribution in [0.25, 0.3) is 10.2 Å². The van der Waals surface area contributed by atoms with E-state index >= 15 is 0 Å². The molecule has 192 valence electrons. The van der Waals surface area contributed by atoms with Crippen molar-refractivity contribution in [2.45, 2.75) is 66.8 Å². The molecule has 1 N–H and O–H groups in total. The normalized spacial score (nSPS) is 13.7. The van der Waals surface area contributed by atoms with E-state index in [1.54, 1.807) is 22.1 Å². The highest BCUT2D eigenvalue weighted by molar-refractivity contribution is 7.18. The summed E-state index contributed by atoms with van der Waals surface area (Å²) in [5.74, 6) is -3.71. The van der Waals surface area contributed by atoms with Gasteiger partial charge in [0.15, 0.2) is 17.5 Å². The smallest absolute Gasteiger partial charge is 0.277 e. The number of allylic oxidation sites excluding steroid dienone is 6. The van der Waals surface area contributed by atoms with Gasteiger partial charge in [0.2, 0.25) is 5.95 Å². The lowest BCUT2D eigenvalue weighted by Crippen LogP contribution is -2.21. The van der Waals surface area contributed by atoms with E-state index in [9.17, 15) is 18.0 Å². The zero-order chi connectivity index (χ0) is 26.4. The van der Waals surface area contributed by atoms with Crippen LogP contribution in [0.5, 0.6) is 0 Å². The van der Waals surface area contributed by atoms with Gasteiger partial charge in [0, 0.05) is 24.0 Å². The molecule has 2 heterocycles. The Bertz CT molecular complexity index is 1400. The molecule has 0 unspecified atom stereocenters. The fourth-order valence-corrected chi connectivity index (χ4v) is 4.56. The van der Waals surface area contributed by atoms with Crippen molar-refractivity contribution in [1.82, 2.24) is 14.5 Å². The second-order valence-corrected chi connectivity index (χ2v) is 9.73. The molecule has 36 heavy (non-hydrogen) atoms. The van der Waals surface area contributed by atoms with Gasteiger partial charge in [-0.15, -0.1) is 11.3 Å². The van der Waals surface area contributed by atoms with E-state index in [0.29, 0.717) is 17.6 Å². The van der Waals surface area contributed by atoms with Gasteiger partial charge in [-0.2, -0.15) is 4.98 Å². The summed E-state index contributed by atoms with van der Waals surface area (Å²) >= 11 is 1.57. The molecule has 9 heteroatoms. The summed E-state index contributed by atoms with van der Waals surface area (Å²) in [4.78, 5) is 21.3. The molecule has 0 aliphatic heterocycles. The first-order valence-corrected chi connectivity index (χ1v) is 12.9. The molecule has 1 aromatic carbocycles. The van der Waals surface area contributed by atoms with Gasteiger partial charge in [-0.25, -0.2) is 18.2 Å². The van der Waals surface area contributed by atoms with E-state index in [-0.39, 0.29) is 24.5 Å². The zero-order valence-electron chi connectivity index (χ0n) is 21.2. The summed E-state index contributed by atoms with van der Waals surface area (Å²) in [5, 5.41) is 4.21. The van der Waals surface area contributed by atoms with Crippen LogP contribution in [-0.2, 0) is 19.4 Å². The SMILES string of the molecule is CCC.CCc1cc2nc(C)sc2cc1Nc1nc(=O)c(CC)cn1CC1=CC(F)=C(F)C(F)=CC1. The first kappa shape index (κ1) is 27.4. The van der Waals surface area contributed by atoms with Gasteiger partial charge in [-0.3, -0.25) is 4.79 Å². The Labute approximate surface area is 213 Å². The summed E-state index contributed by atoms with van der Waals surface area (Å²) in [6, 6.07) is 3.98. The summed E-state index contributed by atoms with van der Waals surface area (Å²) in [6.07, 6.45) is 6.14. The Morgan fingerprint density at radius 1 is 1.06 bits per heavy atom. The fraction of sp³-hybridized carbons (Fsp3) is 0.370. The van der Waals surface area contributed by atoms with Crippen LogP contribution >= 0.6 is 11.3 Å². The number of hydrogen-bond acceptors (Lipinski definition) is 5. The molecule has 1 aliphatic rings. The third-order valence-electron chi connectivity index (χ3n) is 5.46. The van der Waals surface area contributed by atoms with Crippen molar-refractivity contribution in [3.63, 3.8) is 0 Å². The summed E-state index contributed by atoms with van der Waals surface area (Å²) < 4.78 is 43.9. The number of aryl methyl sites for hydroxylation is 3. The Kier molecular flexibility index (Phi) is 9.25. The summed E-state index contributed by atoms with van der Waals surface area (Å²) in [7, 11) is 0. The Morgan fingerprint density at radius 2 is 1.75 bits per heavy atom. The maximum atomic E-state index is 14.0. The minimum Gasteiger partial charge on any atom is -0.325 e. The van der Waals surface area contributed by atoms with Crippen LogP contribution in [0.15, 0.2) is 58.3 Å². The van der Waals surface area contributed by atoms with Crippen LogP contribution in [0.3, 0.4) is 0 Å². The highest BCUT2D eigenvalue weighted by Crippen LogP contribution is 2.31. The number of nitrogens with one attached hydrogen (secondary N) is 1. The molecule has 0 bridgehead atoms. The largest absolute Gasteiger partial charge is 0.325 e. The molecule has 4 rings (SSSR count). The summed E-state index contributed by atoms with van der Waals surface area (Å²) in [6.45, 7) is 10.2. The number of thiazole rings is 1. The summed E-state index contributed by atoms with van der Waals surface area (Å²) in [5.41, 5.74) is 3.27. The average molecular weight is 517 g/mol. The lowest BCUT2D eigenvalue weighted by molar-refractivity contribution is 0.504. The van der Waals surface area contributed by atoms with Gasteiger partial charge in [-0.05, 0) is 61.6 Å². The lowest BCUT2D eigenvalue weighted by atomic mass is 10.1. The highest BCUT2D eigenvalue weighted by Gasteiger charge is 2.17. The molecule has 0 radical (unpaired) electrons. The third-order valence-corrected chi connectivity index (χ3v) is 6.40. The van der Waals surface area contributed by atoms with Crippen LogP contribution in [0.4, 0.5) is 24.8 Å². The predicted molar refractivity (Wildman–Crippen MR) is 142 cm³/mol. The van der Waals surface area contributed by atoms with Crippen LogP contribution in [0, 0.1) is 6.92 Å². The molecule has 5 nitrogen and oxygen atoms in total. The molecule has 0 spiro atoms. The fourth-order valence-electron chi connectivity index (χ4n) is 3.72. The molecule has 0 atom stereocenters. The molecule has 2 aromatic heterocycles. The van der Waals surface area contributed by atoms with Gasteiger partial charge in [-0.1, -0.05) is 34.1 Å². The Morgan fingerprint density at radius 3 is 2.42 bits per heavy atom. The number of hydrogen-bond donors (Lipinski definition) is 1. The number of benzene rings is 1. The van der Waals surface area contributed by atoms with Crippen LogP contribution in [0.2, 0.25) is 0 Å². The first-order valence-electron chi connectivity index (χ1n) is 12.1. The molecule has 0 saturated heterocycles. The molecule has 3 aromatic rings. The number of rotatable bonds is 6. The number of fused-ring (bicyclic) bond motifs is 1. The second kappa shape index (κ2) is 12.2.